The summed E-state index contributed by atoms with van der Waals surface area (Å²) in [6.07, 6.45) is 0. The normalized spacial score (nSPS) is 13.0. The van der Waals surface area contributed by atoms with Gasteiger partial charge in [0.25, 0.3) is 0 Å². The average molecular weight is 338 g/mol. The van der Waals surface area contributed by atoms with E-state index in [9.17, 15) is 13.2 Å². The van der Waals surface area contributed by atoms with Crippen LogP contribution in [-0.4, -0.2) is 51.3 Å². The van der Waals surface area contributed by atoms with E-state index in [4.69, 9.17) is 10.2 Å². The molecule has 3 N–H and O–H groups in total. The molecular weight excluding hydrogens is 320 g/mol. The Kier molecular flexibility index (Phi) is 4.88. The zero-order valence-corrected chi connectivity index (χ0v) is 13.5. The molecule has 0 aliphatic rings. The molecule has 2 rings (SSSR count). The van der Waals surface area contributed by atoms with Crippen LogP contribution < -0.4 is 9.62 Å². The second-order valence-electron chi connectivity index (χ2n) is 5.22. The van der Waals surface area contributed by atoms with Crippen LogP contribution in [0, 0.1) is 0 Å². The lowest BCUT2D eigenvalue weighted by Crippen LogP contribution is -2.43. The first-order chi connectivity index (χ1) is 10.8. The molecule has 0 aromatic heterocycles. The van der Waals surface area contributed by atoms with Gasteiger partial charge in [-0.25, -0.2) is 8.42 Å². The van der Waals surface area contributed by atoms with E-state index in [2.05, 4.69) is 0 Å². The van der Waals surface area contributed by atoms with E-state index in [-0.39, 0.29) is 4.90 Å². The zero-order valence-electron chi connectivity index (χ0n) is 12.7. The van der Waals surface area contributed by atoms with Crippen molar-refractivity contribution in [1.82, 2.24) is 4.72 Å². The summed E-state index contributed by atoms with van der Waals surface area (Å²) in [6, 6.07) is 8.46. The van der Waals surface area contributed by atoms with Crippen LogP contribution in [0.4, 0.5) is 5.69 Å². The molecule has 0 saturated heterocycles. The SMILES string of the molecule is CN(C)c1cccc2c(S(=O)(=O)NC(CO)C(=O)O)cccc12. The minimum atomic E-state index is -4.10. The molecular formula is C15H18N2O5S. The van der Waals surface area contributed by atoms with Gasteiger partial charge in [-0.2, -0.15) is 4.72 Å². The predicted octanol–water partition coefficient (Wildman–Crippen LogP) is 0.630. The third kappa shape index (κ3) is 3.44. The molecule has 2 aromatic carbocycles. The van der Waals surface area contributed by atoms with Crippen LogP contribution in [0.2, 0.25) is 0 Å². The molecule has 23 heavy (non-hydrogen) atoms. The van der Waals surface area contributed by atoms with Crippen LogP contribution in [0.25, 0.3) is 10.8 Å². The standard InChI is InChI=1S/C15H18N2O5S/c1-17(2)13-7-3-6-11-10(13)5-4-8-14(11)23(21,22)16-12(9-18)15(19)20/h3-8,12,16,18H,9H2,1-2H3,(H,19,20). The average Bonchev–Trinajstić information content (AvgIpc) is 2.50. The van der Waals surface area contributed by atoms with Gasteiger partial charge in [0.15, 0.2) is 0 Å². The number of carboxylic acid groups (broad SMARTS) is 1. The van der Waals surface area contributed by atoms with Gasteiger partial charge in [0.1, 0.15) is 6.04 Å². The Morgan fingerprint density at radius 1 is 1.17 bits per heavy atom. The number of fused-ring (bicyclic) bond motifs is 1. The van der Waals surface area contributed by atoms with Gasteiger partial charge < -0.3 is 15.1 Å². The van der Waals surface area contributed by atoms with Gasteiger partial charge in [0.2, 0.25) is 10.0 Å². The Bertz CT molecular complexity index is 833. The highest BCUT2D eigenvalue weighted by molar-refractivity contribution is 7.89. The fourth-order valence-corrected chi connectivity index (χ4v) is 3.71. The number of aliphatic hydroxyl groups excluding tert-OH is 1. The summed E-state index contributed by atoms with van der Waals surface area (Å²) in [5, 5.41) is 19.2. The summed E-state index contributed by atoms with van der Waals surface area (Å²) in [5.74, 6) is -1.44. The lowest BCUT2D eigenvalue weighted by atomic mass is 10.1. The first-order valence-electron chi connectivity index (χ1n) is 6.83. The van der Waals surface area contributed by atoms with Crippen LogP contribution >= 0.6 is 0 Å². The number of hydrogen-bond acceptors (Lipinski definition) is 5. The summed E-state index contributed by atoms with van der Waals surface area (Å²) >= 11 is 0. The summed E-state index contributed by atoms with van der Waals surface area (Å²) in [6.45, 7) is -0.831. The number of benzene rings is 2. The van der Waals surface area contributed by atoms with E-state index < -0.39 is 28.6 Å². The Morgan fingerprint density at radius 2 is 1.78 bits per heavy atom. The minimum Gasteiger partial charge on any atom is -0.480 e. The highest BCUT2D eigenvalue weighted by atomic mass is 32.2. The van der Waals surface area contributed by atoms with E-state index in [0.29, 0.717) is 5.39 Å². The number of nitrogens with one attached hydrogen (secondary N) is 1. The molecule has 2 aromatic rings. The molecule has 0 saturated carbocycles. The van der Waals surface area contributed by atoms with Crippen molar-refractivity contribution in [3.63, 3.8) is 0 Å². The number of hydrogen-bond donors (Lipinski definition) is 3. The van der Waals surface area contributed by atoms with Crippen molar-refractivity contribution in [2.45, 2.75) is 10.9 Å². The van der Waals surface area contributed by atoms with E-state index in [1.54, 1.807) is 24.3 Å². The number of carbonyl (C=O) groups is 1. The highest BCUT2D eigenvalue weighted by Gasteiger charge is 2.26. The molecule has 0 bridgehead atoms. The molecule has 0 fully saturated rings. The maximum Gasteiger partial charge on any atom is 0.324 e. The number of carboxylic acids is 1. The second kappa shape index (κ2) is 6.53. The molecule has 1 atom stereocenters. The quantitative estimate of drug-likeness (QED) is 0.713. The van der Waals surface area contributed by atoms with Crippen molar-refractivity contribution in [2.75, 3.05) is 25.6 Å². The summed E-state index contributed by atoms with van der Waals surface area (Å²) in [7, 11) is -0.400. The number of anilines is 1. The molecule has 0 radical (unpaired) electrons. The minimum absolute atomic E-state index is 0.0293. The Morgan fingerprint density at radius 3 is 2.35 bits per heavy atom. The molecule has 0 heterocycles. The van der Waals surface area contributed by atoms with E-state index in [1.807, 2.05) is 29.8 Å². The fraction of sp³-hybridized carbons (Fsp3) is 0.267. The van der Waals surface area contributed by atoms with Gasteiger partial charge in [-0.15, -0.1) is 0 Å². The molecule has 7 nitrogen and oxygen atoms in total. The van der Waals surface area contributed by atoms with Gasteiger partial charge in [0, 0.05) is 30.6 Å². The molecule has 0 aliphatic heterocycles. The molecule has 8 heteroatoms. The first-order valence-corrected chi connectivity index (χ1v) is 8.31. The number of sulfonamides is 1. The summed E-state index contributed by atoms with van der Waals surface area (Å²) < 4.78 is 27.0. The molecule has 0 aliphatic carbocycles. The van der Waals surface area contributed by atoms with Crippen molar-refractivity contribution >= 4 is 32.5 Å². The van der Waals surface area contributed by atoms with Crippen LogP contribution in [-0.2, 0) is 14.8 Å². The zero-order chi connectivity index (χ0) is 17.2. The third-order valence-electron chi connectivity index (χ3n) is 3.41. The van der Waals surface area contributed by atoms with Crippen LogP contribution in [0.1, 0.15) is 0 Å². The second-order valence-corrected chi connectivity index (χ2v) is 6.90. The van der Waals surface area contributed by atoms with E-state index in [1.165, 1.54) is 6.07 Å². The van der Waals surface area contributed by atoms with Gasteiger partial charge in [-0.3, -0.25) is 4.79 Å². The molecule has 0 spiro atoms. The largest absolute Gasteiger partial charge is 0.480 e. The predicted molar refractivity (Wildman–Crippen MR) is 87.1 cm³/mol. The smallest absolute Gasteiger partial charge is 0.324 e. The van der Waals surface area contributed by atoms with Crippen molar-refractivity contribution in [2.24, 2.45) is 0 Å². The number of aliphatic carboxylic acids is 1. The summed E-state index contributed by atoms with van der Waals surface area (Å²) in [4.78, 5) is 12.8. The van der Waals surface area contributed by atoms with Crippen LogP contribution in [0.3, 0.4) is 0 Å². The molecule has 0 amide bonds. The number of aliphatic hydroxyl groups is 1. The van der Waals surface area contributed by atoms with Gasteiger partial charge >= 0.3 is 5.97 Å². The van der Waals surface area contributed by atoms with Crippen molar-refractivity contribution in [3.05, 3.63) is 36.4 Å². The third-order valence-corrected chi connectivity index (χ3v) is 4.94. The Balaban J connectivity index is 2.59. The molecule has 124 valence electrons. The summed E-state index contributed by atoms with van der Waals surface area (Å²) in [5.41, 5.74) is 0.844. The van der Waals surface area contributed by atoms with Gasteiger partial charge in [-0.1, -0.05) is 24.3 Å². The molecule has 1 unspecified atom stereocenters. The fourth-order valence-electron chi connectivity index (χ4n) is 2.31. The van der Waals surface area contributed by atoms with Crippen LogP contribution in [0.15, 0.2) is 41.3 Å². The van der Waals surface area contributed by atoms with Crippen LogP contribution in [0.5, 0.6) is 0 Å². The van der Waals surface area contributed by atoms with Crippen molar-refractivity contribution in [1.29, 1.82) is 0 Å². The van der Waals surface area contributed by atoms with E-state index in [0.717, 1.165) is 11.1 Å². The highest BCUT2D eigenvalue weighted by Crippen LogP contribution is 2.30. The first kappa shape index (κ1) is 17.2. The van der Waals surface area contributed by atoms with Gasteiger partial charge in [-0.05, 0) is 12.1 Å². The van der Waals surface area contributed by atoms with Crippen molar-refractivity contribution < 1.29 is 23.4 Å². The maximum absolute atomic E-state index is 12.5. The number of nitrogens with zero attached hydrogens (tertiary/aromatic N) is 1. The number of rotatable bonds is 6. The monoisotopic (exact) mass is 338 g/mol. The Hall–Kier alpha value is -2.16. The van der Waals surface area contributed by atoms with E-state index >= 15 is 0 Å². The lowest BCUT2D eigenvalue weighted by Gasteiger charge is -2.18. The maximum atomic E-state index is 12.5. The Labute approximate surface area is 134 Å². The van der Waals surface area contributed by atoms with Gasteiger partial charge in [0.05, 0.1) is 11.5 Å². The van der Waals surface area contributed by atoms with Crippen molar-refractivity contribution in [3.8, 4) is 0 Å². The topological polar surface area (TPSA) is 107 Å². The lowest BCUT2D eigenvalue weighted by molar-refractivity contribution is -0.139.